The number of hydrogen-bond acceptors (Lipinski definition) is 2. The molecule has 22 heavy (non-hydrogen) atoms. The third-order valence-electron chi connectivity index (χ3n) is 3.56. The molecular formula is C17H16N2O2S. The summed E-state index contributed by atoms with van der Waals surface area (Å²) in [6.45, 7) is 1.98. The van der Waals surface area contributed by atoms with Gasteiger partial charge < -0.3 is 4.57 Å². The summed E-state index contributed by atoms with van der Waals surface area (Å²) < 4.78 is 25.7. The molecule has 0 saturated carbocycles. The lowest BCUT2D eigenvalue weighted by molar-refractivity contribution is 0.598. The Morgan fingerprint density at radius 2 is 1.50 bits per heavy atom. The Morgan fingerprint density at radius 1 is 0.864 bits per heavy atom. The highest BCUT2D eigenvalue weighted by Gasteiger charge is 2.18. The molecule has 112 valence electrons. The van der Waals surface area contributed by atoms with E-state index in [4.69, 9.17) is 5.14 Å². The number of nitrogens with zero attached hydrogens (tertiary/aromatic N) is 1. The molecule has 0 spiro atoms. The molecule has 2 aromatic carbocycles. The van der Waals surface area contributed by atoms with Crippen molar-refractivity contribution in [2.75, 3.05) is 0 Å². The van der Waals surface area contributed by atoms with Crippen molar-refractivity contribution < 1.29 is 8.42 Å². The number of primary sulfonamides is 1. The first-order valence-electron chi connectivity index (χ1n) is 6.84. The highest BCUT2D eigenvalue weighted by Crippen LogP contribution is 2.30. The second-order valence-electron chi connectivity index (χ2n) is 5.07. The molecule has 1 heterocycles. The standard InChI is InChI=1S/C17H16N2O2S/c1-13-11-12-16(19(13)14-7-3-2-4-8-14)15-9-5-6-10-17(15)22(18,20)21/h2-12H,1H3,(H2,18,20,21). The number of sulfonamides is 1. The number of aryl methyl sites for hydroxylation is 1. The molecule has 4 nitrogen and oxygen atoms in total. The average Bonchev–Trinajstić information content (AvgIpc) is 2.89. The molecular weight excluding hydrogens is 296 g/mol. The van der Waals surface area contributed by atoms with Crippen molar-refractivity contribution in [2.45, 2.75) is 11.8 Å². The number of hydrogen-bond donors (Lipinski definition) is 1. The molecule has 0 bridgehead atoms. The maximum absolute atomic E-state index is 11.9. The normalized spacial score (nSPS) is 11.5. The Labute approximate surface area is 129 Å². The van der Waals surface area contributed by atoms with E-state index in [1.165, 1.54) is 6.07 Å². The Bertz CT molecular complexity index is 913. The molecule has 3 rings (SSSR count). The van der Waals surface area contributed by atoms with E-state index in [-0.39, 0.29) is 4.90 Å². The van der Waals surface area contributed by atoms with Gasteiger partial charge in [0, 0.05) is 16.9 Å². The lowest BCUT2D eigenvalue weighted by atomic mass is 10.1. The van der Waals surface area contributed by atoms with Crippen LogP contribution < -0.4 is 5.14 Å². The van der Waals surface area contributed by atoms with E-state index in [2.05, 4.69) is 0 Å². The summed E-state index contributed by atoms with van der Waals surface area (Å²) in [6.07, 6.45) is 0. The minimum atomic E-state index is -3.78. The molecule has 5 heteroatoms. The third kappa shape index (κ3) is 2.56. The maximum Gasteiger partial charge on any atom is 0.238 e. The van der Waals surface area contributed by atoms with Crippen LogP contribution in [0.1, 0.15) is 5.69 Å². The Hall–Kier alpha value is -2.37. The molecule has 0 radical (unpaired) electrons. The van der Waals surface area contributed by atoms with Gasteiger partial charge in [-0.3, -0.25) is 0 Å². The third-order valence-corrected chi connectivity index (χ3v) is 4.53. The van der Waals surface area contributed by atoms with Crippen LogP contribution in [0.25, 0.3) is 16.9 Å². The fourth-order valence-electron chi connectivity index (χ4n) is 2.59. The molecule has 0 aliphatic carbocycles. The first kappa shape index (κ1) is 14.6. The number of nitrogens with two attached hydrogens (primary N) is 1. The van der Waals surface area contributed by atoms with Crippen LogP contribution in [0, 0.1) is 6.92 Å². The Balaban J connectivity index is 2.29. The molecule has 0 unspecified atom stereocenters. The molecule has 1 aromatic heterocycles. The van der Waals surface area contributed by atoms with Crippen molar-refractivity contribution >= 4 is 10.0 Å². The van der Waals surface area contributed by atoms with E-state index in [0.29, 0.717) is 5.56 Å². The van der Waals surface area contributed by atoms with Gasteiger partial charge in [0.05, 0.1) is 10.6 Å². The summed E-state index contributed by atoms with van der Waals surface area (Å²) in [5.74, 6) is 0. The van der Waals surface area contributed by atoms with Gasteiger partial charge in [0.25, 0.3) is 0 Å². The fraction of sp³-hybridized carbons (Fsp3) is 0.0588. The SMILES string of the molecule is Cc1ccc(-c2ccccc2S(N)(=O)=O)n1-c1ccccc1. The van der Waals surface area contributed by atoms with Crippen LogP contribution in [0.3, 0.4) is 0 Å². The zero-order chi connectivity index (χ0) is 15.7. The molecule has 0 fully saturated rings. The molecule has 0 aliphatic heterocycles. The van der Waals surface area contributed by atoms with Crippen molar-refractivity contribution in [3.05, 3.63) is 72.4 Å². The second-order valence-corrected chi connectivity index (χ2v) is 6.60. The van der Waals surface area contributed by atoms with E-state index < -0.39 is 10.0 Å². The molecule has 0 atom stereocenters. The van der Waals surface area contributed by atoms with Crippen LogP contribution in [0.15, 0.2) is 71.6 Å². The van der Waals surface area contributed by atoms with E-state index in [1.807, 2.05) is 60.0 Å². The van der Waals surface area contributed by atoms with Gasteiger partial charge >= 0.3 is 0 Å². The highest BCUT2D eigenvalue weighted by molar-refractivity contribution is 7.89. The average molecular weight is 312 g/mol. The van der Waals surface area contributed by atoms with Crippen LogP contribution in [0.5, 0.6) is 0 Å². The van der Waals surface area contributed by atoms with Crippen molar-refractivity contribution in [3.8, 4) is 16.9 Å². The van der Waals surface area contributed by atoms with Gasteiger partial charge in [-0.2, -0.15) is 0 Å². The van der Waals surface area contributed by atoms with Crippen LogP contribution in [-0.4, -0.2) is 13.0 Å². The summed E-state index contributed by atoms with van der Waals surface area (Å²) in [7, 11) is -3.78. The van der Waals surface area contributed by atoms with Gasteiger partial charge in [-0.15, -0.1) is 0 Å². The first-order chi connectivity index (χ1) is 10.5. The molecule has 3 aromatic rings. The predicted octanol–water partition coefficient (Wildman–Crippen LogP) is 3.10. The molecule has 2 N–H and O–H groups in total. The maximum atomic E-state index is 11.9. The minimum absolute atomic E-state index is 0.130. The first-order valence-corrected chi connectivity index (χ1v) is 8.39. The quantitative estimate of drug-likeness (QED) is 0.807. The largest absolute Gasteiger partial charge is 0.314 e. The van der Waals surface area contributed by atoms with Gasteiger partial charge in [-0.25, -0.2) is 13.6 Å². The zero-order valence-corrected chi connectivity index (χ0v) is 12.9. The number of rotatable bonds is 3. The van der Waals surface area contributed by atoms with Gasteiger partial charge in [-0.05, 0) is 37.3 Å². The molecule has 0 amide bonds. The van der Waals surface area contributed by atoms with E-state index >= 15 is 0 Å². The Kier molecular flexibility index (Phi) is 3.60. The Morgan fingerprint density at radius 3 is 2.18 bits per heavy atom. The van der Waals surface area contributed by atoms with Crippen molar-refractivity contribution in [2.24, 2.45) is 5.14 Å². The molecule has 0 aliphatic rings. The summed E-state index contributed by atoms with van der Waals surface area (Å²) >= 11 is 0. The van der Waals surface area contributed by atoms with E-state index in [0.717, 1.165) is 17.1 Å². The van der Waals surface area contributed by atoms with Gasteiger partial charge in [0.15, 0.2) is 0 Å². The van der Waals surface area contributed by atoms with Crippen molar-refractivity contribution in [1.82, 2.24) is 4.57 Å². The van der Waals surface area contributed by atoms with E-state index in [9.17, 15) is 8.42 Å². The fourth-order valence-corrected chi connectivity index (χ4v) is 3.34. The highest BCUT2D eigenvalue weighted by atomic mass is 32.2. The monoisotopic (exact) mass is 312 g/mol. The topological polar surface area (TPSA) is 65.1 Å². The lowest BCUT2D eigenvalue weighted by Crippen LogP contribution is -2.14. The van der Waals surface area contributed by atoms with Crippen LogP contribution in [-0.2, 0) is 10.0 Å². The summed E-state index contributed by atoms with van der Waals surface area (Å²) in [4.78, 5) is 0.130. The van der Waals surface area contributed by atoms with Gasteiger partial charge in [0.2, 0.25) is 10.0 Å². The van der Waals surface area contributed by atoms with Crippen LogP contribution in [0.4, 0.5) is 0 Å². The van der Waals surface area contributed by atoms with Crippen molar-refractivity contribution in [1.29, 1.82) is 0 Å². The number of para-hydroxylation sites is 1. The minimum Gasteiger partial charge on any atom is -0.314 e. The van der Waals surface area contributed by atoms with Crippen LogP contribution in [0.2, 0.25) is 0 Å². The predicted molar refractivity (Wildman–Crippen MR) is 87.3 cm³/mol. The zero-order valence-electron chi connectivity index (χ0n) is 12.1. The molecule has 0 saturated heterocycles. The lowest BCUT2D eigenvalue weighted by Gasteiger charge is -2.14. The summed E-state index contributed by atoms with van der Waals surface area (Å²) in [6, 6.07) is 20.5. The van der Waals surface area contributed by atoms with Crippen molar-refractivity contribution in [3.63, 3.8) is 0 Å². The summed E-state index contributed by atoms with van der Waals surface area (Å²) in [5.41, 5.74) is 3.39. The second kappa shape index (κ2) is 5.44. The summed E-state index contributed by atoms with van der Waals surface area (Å²) in [5, 5.41) is 5.35. The smallest absolute Gasteiger partial charge is 0.238 e. The van der Waals surface area contributed by atoms with Gasteiger partial charge in [0.1, 0.15) is 0 Å². The van der Waals surface area contributed by atoms with Gasteiger partial charge in [-0.1, -0.05) is 36.4 Å². The van der Waals surface area contributed by atoms with Crippen LogP contribution >= 0.6 is 0 Å². The number of benzene rings is 2. The van der Waals surface area contributed by atoms with E-state index in [1.54, 1.807) is 12.1 Å². The number of aromatic nitrogens is 1.